The summed E-state index contributed by atoms with van der Waals surface area (Å²) in [5.41, 5.74) is 8.71. The van der Waals surface area contributed by atoms with Gasteiger partial charge in [-0.2, -0.15) is 0 Å². The predicted molar refractivity (Wildman–Crippen MR) is 87.2 cm³/mol. The van der Waals surface area contributed by atoms with Gasteiger partial charge in [0.25, 0.3) is 0 Å². The highest BCUT2D eigenvalue weighted by Crippen LogP contribution is 2.21. The molecule has 1 aromatic carbocycles. The Balaban J connectivity index is 2.02. The van der Waals surface area contributed by atoms with E-state index in [1.54, 1.807) is 0 Å². The van der Waals surface area contributed by atoms with E-state index < -0.39 is 0 Å². The van der Waals surface area contributed by atoms with Crippen LogP contribution in [0.2, 0.25) is 0 Å². The summed E-state index contributed by atoms with van der Waals surface area (Å²) >= 11 is 0. The van der Waals surface area contributed by atoms with E-state index in [0.717, 1.165) is 43.2 Å². The van der Waals surface area contributed by atoms with Gasteiger partial charge in [0.15, 0.2) is 5.84 Å². The van der Waals surface area contributed by atoms with Crippen molar-refractivity contribution in [1.82, 2.24) is 4.90 Å². The summed E-state index contributed by atoms with van der Waals surface area (Å²) < 4.78 is 0. The molecule has 1 heterocycles. The lowest BCUT2D eigenvalue weighted by Crippen LogP contribution is -2.47. The molecule has 1 fully saturated rings. The van der Waals surface area contributed by atoms with Crippen molar-refractivity contribution in [2.24, 2.45) is 16.8 Å². The minimum absolute atomic E-state index is 0.167. The Hall–Kier alpha value is -1.75. The van der Waals surface area contributed by atoms with Crippen LogP contribution in [0.4, 0.5) is 5.69 Å². The molecule has 1 saturated heterocycles. The normalized spacial score (nSPS) is 17.5. The van der Waals surface area contributed by atoms with Crippen molar-refractivity contribution in [1.29, 1.82) is 0 Å². The number of nitrogens with zero attached hydrogens (tertiary/aromatic N) is 3. The molecule has 0 amide bonds. The lowest BCUT2D eigenvalue weighted by molar-refractivity contribution is 0.231. The van der Waals surface area contributed by atoms with Crippen LogP contribution in [0.5, 0.6) is 0 Å². The molecule has 5 nitrogen and oxygen atoms in total. The van der Waals surface area contributed by atoms with Gasteiger partial charge in [-0.3, -0.25) is 4.90 Å². The smallest absolute Gasteiger partial charge is 0.170 e. The SMILES string of the molecule is Cc1cc(N2CCN(CC(C)C)CC2)ccc1/C(N)=N/O. The molecule has 0 radical (unpaired) electrons. The molecule has 5 heteroatoms. The van der Waals surface area contributed by atoms with E-state index in [-0.39, 0.29) is 5.84 Å². The van der Waals surface area contributed by atoms with Crippen molar-refractivity contribution in [3.8, 4) is 0 Å². The zero-order valence-electron chi connectivity index (χ0n) is 13.2. The molecule has 0 saturated carbocycles. The maximum Gasteiger partial charge on any atom is 0.170 e. The number of hydrogen-bond donors (Lipinski definition) is 2. The Labute approximate surface area is 127 Å². The summed E-state index contributed by atoms with van der Waals surface area (Å²) in [4.78, 5) is 4.93. The number of benzene rings is 1. The zero-order chi connectivity index (χ0) is 15.4. The third kappa shape index (κ3) is 3.88. The van der Waals surface area contributed by atoms with Gasteiger partial charge in [0.05, 0.1) is 0 Å². The van der Waals surface area contributed by atoms with Gasteiger partial charge in [0.2, 0.25) is 0 Å². The van der Waals surface area contributed by atoms with Crippen LogP contribution in [-0.4, -0.2) is 48.7 Å². The van der Waals surface area contributed by atoms with Crippen LogP contribution in [-0.2, 0) is 0 Å². The molecule has 0 spiro atoms. The minimum atomic E-state index is 0.167. The fourth-order valence-corrected chi connectivity index (χ4v) is 2.89. The van der Waals surface area contributed by atoms with Crippen molar-refractivity contribution in [3.63, 3.8) is 0 Å². The van der Waals surface area contributed by atoms with Gasteiger partial charge >= 0.3 is 0 Å². The zero-order valence-corrected chi connectivity index (χ0v) is 13.2. The summed E-state index contributed by atoms with van der Waals surface area (Å²) in [5.74, 6) is 0.889. The van der Waals surface area contributed by atoms with Crippen LogP contribution in [0.3, 0.4) is 0 Å². The van der Waals surface area contributed by atoms with Crippen LogP contribution in [0.1, 0.15) is 25.0 Å². The number of oxime groups is 1. The number of anilines is 1. The van der Waals surface area contributed by atoms with E-state index in [1.165, 1.54) is 12.2 Å². The first-order valence-electron chi connectivity index (χ1n) is 7.57. The van der Waals surface area contributed by atoms with Crippen molar-refractivity contribution < 1.29 is 5.21 Å². The van der Waals surface area contributed by atoms with Crippen LogP contribution in [0.25, 0.3) is 0 Å². The lowest BCUT2D eigenvalue weighted by Gasteiger charge is -2.37. The van der Waals surface area contributed by atoms with Crippen molar-refractivity contribution in [3.05, 3.63) is 29.3 Å². The molecule has 1 aliphatic heterocycles. The summed E-state index contributed by atoms with van der Waals surface area (Å²) in [5, 5.41) is 11.9. The van der Waals surface area contributed by atoms with Crippen LogP contribution >= 0.6 is 0 Å². The topological polar surface area (TPSA) is 65.1 Å². The molecule has 1 aromatic rings. The Morgan fingerprint density at radius 1 is 1.29 bits per heavy atom. The number of rotatable bonds is 4. The summed E-state index contributed by atoms with van der Waals surface area (Å²) in [6.07, 6.45) is 0. The van der Waals surface area contributed by atoms with Gasteiger partial charge in [-0.25, -0.2) is 0 Å². The molecule has 0 atom stereocenters. The maximum atomic E-state index is 8.78. The van der Waals surface area contributed by atoms with Gasteiger partial charge in [-0.1, -0.05) is 19.0 Å². The molecular formula is C16H26N4O. The molecular weight excluding hydrogens is 264 g/mol. The fraction of sp³-hybridized carbons (Fsp3) is 0.562. The standard InChI is InChI=1S/C16H26N4O/c1-12(2)11-19-6-8-20(9-7-19)14-4-5-15(13(3)10-14)16(17)18-21/h4-5,10,12,21H,6-9,11H2,1-3H3,(H2,17,18). The number of aryl methyl sites for hydroxylation is 1. The van der Waals surface area contributed by atoms with Crippen molar-refractivity contribution in [2.45, 2.75) is 20.8 Å². The molecule has 0 aliphatic carbocycles. The second-order valence-electron chi connectivity index (χ2n) is 6.17. The first kappa shape index (κ1) is 15.6. The second kappa shape index (κ2) is 6.80. The minimum Gasteiger partial charge on any atom is -0.409 e. The summed E-state index contributed by atoms with van der Waals surface area (Å²) in [6.45, 7) is 12.0. The summed E-state index contributed by atoms with van der Waals surface area (Å²) in [6, 6.07) is 6.10. The van der Waals surface area contributed by atoms with E-state index in [2.05, 4.69) is 40.9 Å². The monoisotopic (exact) mass is 290 g/mol. The van der Waals surface area contributed by atoms with Gasteiger partial charge in [-0.05, 0) is 36.6 Å². The molecule has 0 unspecified atom stereocenters. The van der Waals surface area contributed by atoms with Gasteiger partial charge < -0.3 is 15.8 Å². The fourth-order valence-electron chi connectivity index (χ4n) is 2.89. The lowest BCUT2D eigenvalue weighted by atomic mass is 10.1. The van der Waals surface area contributed by atoms with Gasteiger partial charge in [0.1, 0.15) is 0 Å². The Morgan fingerprint density at radius 2 is 1.95 bits per heavy atom. The van der Waals surface area contributed by atoms with Crippen LogP contribution in [0, 0.1) is 12.8 Å². The van der Waals surface area contributed by atoms with E-state index >= 15 is 0 Å². The number of piperazine rings is 1. The molecule has 3 N–H and O–H groups in total. The predicted octanol–water partition coefficient (Wildman–Crippen LogP) is 1.87. The Bertz CT molecular complexity index is 505. The van der Waals surface area contributed by atoms with E-state index in [1.807, 2.05) is 13.0 Å². The average molecular weight is 290 g/mol. The third-order valence-corrected chi connectivity index (χ3v) is 3.95. The first-order chi connectivity index (χ1) is 10.0. The first-order valence-corrected chi connectivity index (χ1v) is 7.57. The highest BCUT2D eigenvalue weighted by Gasteiger charge is 2.18. The quantitative estimate of drug-likeness (QED) is 0.384. The number of hydrogen-bond acceptors (Lipinski definition) is 4. The molecule has 116 valence electrons. The van der Waals surface area contributed by atoms with E-state index in [9.17, 15) is 0 Å². The highest BCUT2D eigenvalue weighted by atomic mass is 16.4. The molecule has 1 aliphatic rings. The number of nitrogens with two attached hydrogens (primary N) is 1. The third-order valence-electron chi connectivity index (χ3n) is 3.95. The van der Waals surface area contributed by atoms with Crippen LogP contribution in [0.15, 0.2) is 23.4 Å². The molecule has 0 aromatic heterocycles. The molecule has 21 heavy (non-hydrogen) atoms. The maximum absolute atomic E-state index is 8.78. The largest absolute Gasteiger partial charge is 0.409 e. The van der Waals surface area contributed by atoms with E-state index in [0.29, 0.717) is 0 Å². The molecule has 0 bridgehead atoms. The Morgan fingerprint density at radius 3 is 2.48 bits per heavy atom. The van der Waals surface area contributed by atoms with Crippen molar-refractivity contribution in [2.75, 3.05) is 37.6 Å². The molecule has 2 rings (SSSR count). The van der Waals surface area contributed by atoms with Gasteiger partial charge in [-0.15, -0.1) is 0 Å². The second-order valence-corrected chi connectivity index (χ2v) is 6.17. The van der Waals surface area contributed by atoms with Crippen LogP contribution < -0.4 is 10.6 Å². The van der Waals surface area contributed by atoms with Crippen molar-refractivity contribution >= 4 is 11.5 Å². The van der Waals surface area contributed by atoms with E-state index in [4.69, 9.17) is 10.9 Å². The van der Waals surface area contributed by atoms with Gasteiger partial charge in [0, 0.05) is 44.0 Å². The highest BCUT2D eigenvalue weighted by molar-refractivity contribution is 5.98. The average Bonchev–Trinajstić information content (AvgIpc) is 2.46. The summed E-state index contributed by atoms with van der Waals surface area (Å²) in [7, 11) is 0. The number of amidine groups is 1. The Kier molecular flexibility index (Phi) is 5.07.